The topological polar surface area (TPSA) is 22.0 Å². The predicted octanol–water partition coefficient (Wildman–Crippen LogP) is 3.78. The Kier molecular flexibility index (Phi) is 3.09. The van der Waals surface area contributed by atoms with E-state index in [0.29, 0.717) is 6.42 Å². The van der Waals surface area contributed by atoms with E-state index in [2.05, 4.69) is 19.9 Å². The van der Waals surface area contributed by atoms with Crippen molar-refractivity contribution in [2.75, 3.05) is 0 Å². The Hall–Kier alpha value is -1.57. The second kappa shape index (κ2) is 4.52. The van der Waals surface area contributed by atoms with Crippen molar-refractivity contribution >= 4 is 16.8 Å². The van der Waals surface area contributed by atoms with Crippen molar-refractivity contribution < 1.29 is 4.79 Å². The molecule has 1 heterocycles. The summed E-state index contributed by atoms with van der Waals surface area (Å²) in [6.45, 7) is 4.17. The number of carbonyl (C=O) groups excluding carboxylic acids is 1. The molecular formula is C14H17NO. The van der Waals surface area contributed by atoms with Crippen LogP contribution in [-0.2, 0) is 0 Å². The van der Waals surface area contributed by atoms with Gasteiger partial charge in [0.1, 0.15) is 0 Å². The van der Waals surface area contributed by atoms with Crippen LogP contribution in [0.1, 0.15) is 36.5 Å². The van der Waals surface area contributed by atoms with Gasteiger partial charge in [-0.15, -0.1) is 0 Å². The van der Waals surface area contributed by atoms with Gasteiger partial charge in [-0.1, -0.05) is 25.0 Å². The molecular weight excluding hydrogens is 198 g/mol. The van der Waals surface area contributed by atoms with Gasteiger partial charge < -0.3 is 0 Å². The van der Waals surface area contributed by atoms with Crippen LogP contribution in [0, 0.1) is 6.92 Å². The van der Waals surface area contributed by atoms with Crippen LogP contribution in [0.5, 0.6) is 0 Å². The number of rotatable bonds is 3. The van der Waals surface area contributed by atoms with Crippen molar-refractivity contribution in [2.24, 2.45) is 0 Å². The van der Waals surface area contributed by atoms with Crippen LogP contribution in [0.4, 0.5) is 0 Å². The lowest BCUT2D eigenvalue weighted by molar-refractivity contribution is 0.0905. The van der Waals surface area contributed by atoms with E-state index < -0.39 is 0 Å². The van der Waals surface area contributed by atoms with Crippen LogP contribution >= 0.6 is 0 Å². The normalized spacial score (nSPS) is 10.9. The zero-order valence-corrected chi connectivity index (χ0v) is 9.86. The maximum absolute atomic E-state index is 11.9. The number of carbonyl (C=O) groups is 1. The van der Waals surface area contributed by atoms with Gasteiger partial charge in [0.05, 0.1) is 5.52 Å². The molecule has 2 nitrogen and oxygen atoms in total. The van der Waals surface area contributed by atoms with Crippen molar-refractivity contribution in [1.29, 1.82) is 0 Å². The summed E-state index contributed by atoms with van der Waals surface area (Å²) in [5, 5.41) is 1.14. The van der Waals surface area contributed by atoms with E-state index in [1.165, 1.54) is 5.56 Å². The van der Waals surface area contributed by atoms with Crippen LogP contribution in [0.3, 0.4) is 0 Å². The summed E-state index contributed by atoms with van der Waals surface area (Å²) in [6.07, 6.45) is 4.53. The van der Waals surface area contributed by atoms with E-state index in [9.17, 15) is 4.79 Å². The monoisotopic (exact) mass is 215 g/mol. The molecule has 0 spiro atoms. The fourth-order valence-electron chi connectivity index (χ4n) is 1.93. The van der Waals surface area contributed by atoms with Crippen LogP contribution in [0.25, 0.3) is 10.9 Å². The lowest BCUT2D eigenvalue weighted by Gasteiger charge is -2.03. The second-order valence-corrected chi connectivity index (χ2v) is 4.25. The summed E-state index contributed by atoms with van der Waals surface area (Å²) in [6, 6.07) is 8.19. The molecule has 0 N–H and O–H groups in total. The lowest BCUT2D eigenvalue weighted by Crippen LogP contribution is -2.08. The molecule has 16 heavy (non-hydrogen) atoms. The summed E-state index contributed by atoms with van der Waals surface area (Å²) in [7, 11) is 0. The molecule has 84 valence electrons. The number of aryl methyl sites for hydroxylation is 1. The highest BCUT2D eigenvalue weighted by Gasteiger charge is 2.07. The molecule has 1 aromatic heterocycles. The summed E-state index contributed by atoms with van der Waals surface area (Å²) < 4.78 is 1.77. The predicted molar refractivity (Wildman–Crippen MR) is 66.8 cm³/mol. The third-order valence-electron chi connectivity index (χ3n) is 2.86. The molecule has 0 saturated carbocycles. The van der Waals surface area contributed by atoms with Gasteiger partial charge in [0.25, 0.3) is 0 Å². The fraction of sp³-hybridized carbons (Fsp3) is 0.357. The number of hydrogen-bond acceptors (Lipinski definition) is 1. The zero-order valence-electron chi connectivity index (χ0n) is 9.86. The number of benzene rings is 1. The van der Waals surface area contributed by atoms with E-state index >= 15 is 0 Å². The Balaban J connectivity index is 2.34. The first-order valence-electron chi connectivity index (χ1n) is 5.83. The van der Waals surface area contributed by atoms with Crippen molar-refractivity contribution in [2.45, 2.75) is 33.1 Å². The van der Waals surface area contributed by atoms with Gasteiger partial charge in [-0.2, -0.15) is 0 Å². The minimum absolute atomic E-state index is 0.195. The number of aromatic nitrogens is 1. The van der Waals surface area contributed by atoms with E-state index in [1.54, 1.807) is 4.57 Å². The largest absolute Gasteiger partial charge is 0.287 e. The Bertz CT molecular complexity index is 510. The van der Waals surface area contributed by atoms with Crippen molar-refractivity contribution in [3.05, 3.63) is 36.0 Å². The molecule has 2 rings (SSSR count). The van der Waals surface area contributed by atoms with E-state index in [0.717, 1.165) is 23.7 Å². The molecule has 0 atom stereocenters. The smallest absolute Gasteiger partial charge is 0.231 e. The van der Waals surface area contributed by atoms with Crippen molar-refractivity contribution in [3.8, 4) is 0 Å². The first-order chi connectivity index (χ1) is 7.72. The third-order valence-corrected chi connectivity index (χ3v) is 2.86. The van der Waals surface area contributed by atoms with Crippen molar-refractivity contribution in [3.63, 3.8) is 0 Å². The fourth-order valence-corrected chi connectivity index (χ4v) is 1.93. The summed E-state index contributed by atoms with van der Waals surface area (Å²) in [5.41, 5.74) is 2.25. The van der Waals surface area contributed by atoms with Crippen LogP contribution in [0.2, 0.25) is 0 Å². The minimum atomic E-state index is 0.195. The second-order valence-electron chi connectivity index (χ2n) is 4.25. The number of hydrogen-bond donors (Lipinski definition) is 0. The molecule has 1 aromatic carbocycles. The van der Waals surface area contributed by atoms with Crippen LogP contribution in [-0.4, -0.2) is 10.5 Å². The third kappa shape index (κ3) is 2.01. The van der Waals surface area contributed by atoms with Gasteiger partial charge in [0, 0.05) is 18.0 Å². The molecule has 0 fully saturated rings. The summed E-state index contributed by atoms with van der Waals surface area (Å²) in [5.74, 6) is 0.195. The molecule has 0 saturated heterocycles. The van der Waals surface area contributed by atoms with Crippen LogP contribution < -0.4 is 0 Å². The Morgan fingerprint density at radius 1 is 1.31 bits per heavy atom. The number of nitrogens with zero attached hydrogens (tertiary/aromatic N) is 1. The number of fused-ring (bicyclic) bond motifs is 1. The number of unbranched alkanes of at least 4 members (excludes halogenated alkanes) is 1. The Labute approximate surface area is 95.9 Å². The molecule has 0 bridgehead atoms. The van der Waals surface area contributed by atoms with Gasteiger partial charge in [-0.3, -0.25) is 9.36 Å². The Morgan fingerprint density at radius 3 is 2.88 bits per heavy atom. The average molecular weight is 215 g/mol. The first kappa shape index (κ1) is 10.9. The molecule has 0 unspecified atom stereocenters. The quantitative estimate of drug-likeness (QED) is 0.763. The van der Waals surface area contributed by atoms with Gasteiger partial charge in [-0.05, 0) is 31.5 Å². The molecule has 0 amide bonds. The highest BCUT2D eigenvalue weighted by molar-refractivity contribution is 5.92. The van der Waals surface area contributed by atoms with Gasteiger partial charge >= 0.3 is 0 Å². The molecule has 2 heteroatoms. The standard InChI is InChI=1S/C14H17NO/c1-3-4-5-14(16)15-9-8-12-10-11(2)6-7-13(12)15/h6-10H,3-5H2,1-2H3. The van der Waals surface area contributed by atoms with E-state index in [-0.39, 0.29) is 5.91 Å². The molecule has 0 aliphatic rings. The Morgan fingerprint density at radius 2 is 2.12 bits per heavy atom. The van der Waals surface area contributed by atoms with E-state index in [4.69, 9.17) is 0 Å². The highest BCUT2D eigenvalue weighted by atomic mass is 16.2. The average Bonchev–Trinajstić information content (AvgIpc) is 2.68. The van der Waals surface area contributed by atoms with Crippen LogP contribution in [0.15, 0.2) is 30.5 Å². The van der Waals surface area contributed by atoms with Gasteiger partial charge in [0.2, 0.25) is 5.91 Å². The maximum Gasteiger partial charge on any atom is 0.231 e. The van der Waals surface area contributed by atoms with Gasteiger partial charge in [-0.25, -0.2) is 0 Å². The SMILES string of the molecule is CCCCC(=O)n1ccc2cc(C)ccc21. The molecule has 0 radical (unpaired) electrons. The lowest BCUT2D eigenvalue weighted by atomic mass is 10.2. The van der Waals surface area contributed by atoms with Gasteiger partial charge in [0.15, 0.2) is 0 Å². The molecule has 0 aliphatic carbocycles. The minimum Gasteiger partial charge on any atom is -0.287 e. The summed E-state index contributed by atoms with van der Waals surface area (Å²) >= 11 is 0. The first-order valence-corrected chi connectivity index (χ1v) is 5.83. The summed E-state index contributed by atoms with van der Waals surface area (Å²) in [4.78, 5) is 11.9. The molecule has 2 aromatic rings. The molecule has 0 aliphatic heterocycles. The van der Waals surface area contributed by atoms with Crippen molar-refractivity contribution in [1.82, 2.24) is 4.57 Å². The zero-order chi connectivity index (χ0) is 11.5. The van der Waals surface area contributed by atoms with E-state index in [1.807, 2.05) is 24.4 Å². The maximum atomic E-state index is 11.9. The highest BCUT2D eigenvalue weighted by Crippen LogP contribution is 2.18.